The molecule has 0 unspecified atom stereocenters. The Bertz CT molecular complexity index is 451. The second-order valence-electron chi connectivity index (χ2n) is 2.36. The third-order valence-corrected chi connectivity index (χ3v) is 1.67. The van der Waals surface area contributed by atoms with Crippen molar-refractivity contribution in [1.82, 2.24) is 9.97 Å². The quantitative estimate of drug-likeness (QED) is 0.579. The number of nitriles is 1. The van der Waals surface area contributed by atoms with Crippen molar-refractivity contribution in [3.63, 3.8) is 0 Å². The molecule has 3 heteroatoms. The molecular weight excluding hydrogens is 150 g/mol. The van der Waals surface area contributed by atoms with E-state index in [0.29, 0.717) is 5.56 Å². The summed E-state index contributed by atoms with van der Waals surface area (Å²) in [5, 5.41) is 9.59. The zero-order valence-corrected chi connectivity index (χ0v) is 6.23. The maximum absolute atomic E-state index is 8.74. The van der Waals surface area contributed by atoms with Gasteiger partial charge in [-0.05, 0) is 12.1 Å². The van der Waals surface area contributed by atoms with Crippen molar-refractivity contribution in [2.24, 2.45) is 0 Å². The van der Waals surface area contributed by atoms with E-state index in [-0.39, 0.29) is 0 Å². The number of aromatic nitrogens is 2. The first-order chi connectivity index (χ1) is 5.92. The first kappa shape index (κ1) is 6.74. The normalized spacial score (nSPS) is 9.58. The minimum absolute atomic E-state index is 0.641. The van der Waals surface area contributed by atoms with Crippen LogP contribution in [-0.4, -0.2) is 9.97 Å². The van der Waals surface area contributed by atoms with Crippen LogP contribution in [0.25, 0.3) is 10.9 Å². The van der Waals surface area contributed by atoms with E-state index in [1.807, 2.05) is 0 Å². The molecular formula is C9H5N3. The monoisotopic (exact) mass is 155 g/mol. The Hall–Kier alpha value is -1.95. The lowest BCUT2D eigenvalue weighted by Crippen LogP contribution is -1.83. The van der Waals surface area contributed by atoms with Crippen molar-refractivity contribution in [3.05, 3.63) is 36.3 Å². The molecule has 2 heterocycles. The summed E-state index contributed by atoms with van der Waals surface area (Å²) in [6, 6.07) is 5.59. The molecule has 2 aromatic heterocycles. The van der Waals surface area contributed by atoms with Gasteiger partial charge in [0.1, 0.15) is 0 Å². The van der Waals surface area contributed by atoms with Gasteiger partial charge in [0.25, 0.3) is 0 Å². The third kappa shape index (κ3) is 0.903. The van der Waals surface area contributed by atoms with E-state index in [2.05, 4.69) is 16.0 Å². The van der Waals surface area contributed by atoms with Crippen molar-refractivity contribution < 1.29 is 0 Å². The molecule has 0 spiro atoms. The van der Waals surface area contributed by atoms with Crippen LogP contribution in [-0.2, 0) is 0 Å². The molecule has 0 radical (unpaired) electrons. The van der Waals surface area contributed by atoms with Gasteiger partial charge in [0, 0.05) is 17.8 Å². The minimum Gasteiger partial charge on any atom is -0.262 e. The molecule has 0 atom stereocenters. The molecule has 0 aliphatic carbocycles. The second kappa shape index (κ2) is 2.59. The van der Waals surface area contributed by atoms with E-state index in [0.717, 1.165) is 10.9 Å². The summed E-state index contributed by atoms with van der Waals surface area (Å²) >= 11 is 0. The van der Waals surface area contributed by atoms with Gasteiger partial charge in [0.2, 0.25) is 0 Å². The predicted octanol–water partition coefficient (Wildman–Crippen LogP) is 1.50. The lowest BCUT2D eigenvalue weighted by molar-refractivity contribution is 1.30. The van der Waals surface area contributed by atoms with Gasteiger partial charge in [-0.2, -0.15) is 5.26 Å². The van der Waals surface area contributed by atoms with Crippen molar-refractivity contribution >= 4 is 10.9 Å². The summed E-state index contributed by atoms with van der Waals surface area (Å²) < 4.78 is 0. The highest BCUT2D eigenvalue weighted by Gasteiger charge is 1.98. The molecule has 56 valence electrons. The van der Waals surface area contributed by atoms with E-state index >= 15 is 0 Å². The smallest absolute Gasteiger partial charge is 0.0999 e. The second-order valence-corrected chi connectivity index (χ2v) is 2.36. The van der Waals surface area contributed by atoms with Crippen LogP contribution < -0.4 is 0 Å². The number of fused-ring (bicyclic) bond motifs is 1. The Morgan fingerprint density at radius 3 is 3.00 bits per heavy atom. The van der Waals surface area contributed by atoms with Crippen LogP contribution in [0, 0.1) is 11.3 Å². The van der Waals surface area contributed by atoms with E-state index in [9.17, 15) is 0 Å². The molecule has 2 rings (SSSR count). The van der Waals surface area contributed by atoms with Gasteiger partial charge in [-0.15, -0.1) is 0 Å². The molecule has 0 N–H and O–H groups in total. The topological polar surface area (TPSA) is 49.6 Å². The van der Waals surface area contributed by atoms with Crippen molar-refractivity contribution in [2.45, 2.75) is 0 Å². The molecule has 12 heavy (non-hydrogen) atoms. The molecule has 0 aromatic carbocycles. The van der Waals surface area contributed by atoms with Crippen LogP contribution in [0.5, 0.6) is 0 Å². The first-order valence-corrected chi connectivity index (χ1v) is 3.50. The molecule has 0 fully saturated rings. The summed E-state index contributed by atoms with van der Waals surface area (Å²) in [4.78, 5) is 7.99. The summed E-state index contributed by atoms with van der Waals surface area (Å²) in [6.45, 7) is 0. The minimum atomic E-state index is 0.641. The van der Waals surface area contributed by atoms with Crippen molar-refractivity contribution in [1.29, 1.82) is 5.26 Å². The van der Waals surface area contributed by atoms with Gasteiger partial charge in [-0.1, -0.05) is 0 Å². The average molecular weight is 155 g/mol. The van der Waals surface area contributed by atoms with E-state index in [4.69, 9.17) is 5.26 Å². The highest BCUT2D eigenvalue weighted by atomic mass is 14.7. The number of nitrogens with zero attached hydrogens (tertiary/aromatic N) is 3. The third-order valence-electron chi connectivity index (χ3n) is 1.67. The fourth-order valence-corrected chi connectivity index (χ4v) is 1.10. The standard InChI is InChI=1S/C9H5N3/c10-5-7-1-4-12-9-6-11-3-2-8(7)9/h1-4,6H. The molecule has 0 bridgehead atoms. The van der Waals surface area contributed by atoms with Crippen LogP contribution in [0.1, 0.15) is 5.56 Å². The van der Waals surface area contributed by atoms with Crippen LogP contribution in [0.2, 0.25) is 0 Å². The molecule has 0 aliphatic rings. The Kier molecular flexibility index (Phi) is 1.45. The Morgan fingerprint density at radius 2 is 2.17 bits per heavy atom. The van der Waals surface area contributed by atoms with Gasteiger partial charge in [-0.25, -0.2) is 0 Å². The van der Waals surface area contributed by atoms with Crippen LogP contribution >= 0.6 is 0 Å². The van der Waals surface area contributed by atoms with E-state index in [1.54, 1.807) is 30.7 Å². The van der Waals surface area contributed by atoms with Crippen molar-refractivity contribution in [3.8, 4) is 6.07 Å². The maximum Gasteiger partial charge on any atom is 0.0999 e. The van der Waals surface area contributed by atoms with Gasteiger partial charge >= 0.3 is 0 Å². The van der Waals surface area contributed by atoms with Crippen LogP contribution in [0.3, 0.4) is 0 Å². The molecule has 0 amide bonds. The summed E-state index contributed by atoms with van der Waals surface area (Å²) in [5.41, 5.74) is 1.40. The first-order valence-electron chi connectivity index (χ1n) is 3.50. The van der Waals surface area contributed by atoms with Crippen LogP contribution in [0.15, 0.2) is 30.7 Å². The summed E-state index contributed by atoms with van der Waals surface area (Å²) in [5.74, 6) is 0. The molecule has 0 saturated heterocycles. The predicted molar refractivity (Wildman–Crippen MR) is 44.3 cm³/mol. The number of rotatable bonds is 0. The van der Waals surface area contributed by atoms with Gasteiger partial charge in [-0.3, -0.25) is 9.97 Å². The Labute approximate surface area is 69.3 Å². The van der Waals surface area contributed by atoms with Gasteiger partial charge in [0.15, 0.2) is 0 Å². The van der Waals surface area contributed by atoms with Gasteiger partial charge in [0.05, 0.1) is 23.3 Å². The van der Waals surface area contributed by atoms with E-state index < -0.39 is 0 Å². The largest absolute Gasteiger partial charge is 0.262 e. The highest BCUT2D eigenvalue weighted by molar-refractivity contribution is 5.83. The Balaban J connectivity index is 2.91. The molecule has 0 saturated carbocycles. The number of hydrogen-bond donors (Lipinski definition) is 0. The molecule has 3 nitrogen and oxygen atoms in total. The lowest BCUT2D eigenvalue weighted by Gasteiger charge is -1.95. The SMILES string of the molecule is N#Cc1ccnc2cnccc12. The Morgan fingerprint density at radius 1 is 1.25 bits per heavy atom. The number of hydrogen-bond acceptors (Lipinski definition) is 3. The zero-order valence-electron chi connectivity index (χ0n) is 6.23. The van der Waals surface area contributed by atoms with E-state index in [1.165, 1.54) is 0 Å². The maximum atomic E-state index is 8.74. The molecule has 2 aromatic rings. The van der Waals surface area contributed by atoms with Gasteiger partial charge < -0.3 is 0 Å². The zero-order chi connectivity index (χ0) is 8.39. The fourth-order valence-electron chi connectivity index (χ4n) is 1.10. The highest BCUT2D eigenvalue weighted by Crippen LogP contribution is 2.12. The van der Waals surface area contributed by atoms with Crippen molar-refractivity contribution in [2.75, 3.05) is 0 Å². The van der Waals surface area contributed by atoms with Crippen LogP contribution in [0.4, 0.5) is 0 Å². The summed E-state index contributed by atoms with van der Waals surface area (Å²) in [7, 11) is 0. The number of pyridine rings is 2. The molecule has 0 aliphatic heterocycles. The fraction of sp³-hybridized carbons (Fsp3) is 0. The lowest BCUT2D eigenvalue weighted by atomic mass is 10.1. The summed E-state index contributed by atoms with van der Waals surface area (Å²) in [6.07, 6.45) is 4.92. The average Bonchev–Trinajstić information content (AvgIpc) is 2.17.